The topological polar surface area (TPSA) is 102 Å². The molecule has 0 radical (unpaired) electrons. The number of hydrogen-bond acceptors (Lipinski definition) is 5. The highest BCUT2D eigenvalue weighted by Gasteiger charge is 2.05. The molecule has 0 amide bonds. The van der Waals surface area contributed by atoms with Crippen LogP contribution in [0.2, 0.25) is 0 Å². The first kappa shape index (κ1) is 22.0. The first-order valence-electron chi connectivity index (χ1n) is 7.86. The molecular formula is C20H20N2O4S. The second-order valence-corrected chi connectivity index (χ2v) is 6.71. The Hall–Kier alpha value is -3.08. The van der Waals surface area contributed by atoms with Crippen molar-refractivity contribution in [2.75, 3.05) is 14.1 Å². The number of rotatable bonds is 6. The van der Waals surface area contributed by atoms with E-state index in [1.807, 2.05) is 24.3 Å². The molecule has 0 aliphatic carbocycles. The number of carboxylic acids is 2. The lowest BCUT2D eigenvalue weighted by Gasteiger charge is -2.13. The molecule has 0 saturated heterocycles. The van der Waals surface area contributed by atoms with Gasteiger partial charge in [-0.2, -0.15) is 5.26 Å². The number of benzene rings is 2. The summed E-state index contributed by atoms with van der Waals surface area (Å²) in [6.07, 6.45) is 1.12. The van der Waals surface area contributed by atoms with Gasteiger partial charge in [-0.05, 0) is 43.9 Å². The third-order valence-electron chi connectivity index (χ3n) is 3.02. The van der Waals surface area contributed by atoms with Crippen molar-refractivity contribution in [3.05, 3.63) is 71.8 Å². The third kappa shape index (κ3) is 9.26. The van der Waals surface area contributed by atoms with E-state index >= 15 is 0 Å². The van der Waals surface area contributed by atoms with E-state index in [4.69, 9.17) is 15.5 Å². The standard InChI is InChI=1S/C16H16N2S.C4H4O4/c1-18(2)12-14-7-3-4-9-16(14)19-15-8-5-6-13(10-15)11-17;5-3(6)1-2-4(7)8/h3-10H,12H2,1-2H3;1-2H,(H,5,6)(H,7,8)/b;2-1+. The minimum atomic E-state index is -1.26. The van der Waals surface area contributed by atoms with Crippen LogP contribution in [0.4, 0.5) is 0 Å². The zero-order valence-electron chi connectivity index (χ0n) is 15.0. The van der Waals surface area contributed by atoms with Gasteiger partial charge in [-0.25, -0.2) is 9.59 Å². The van der Waals surface area contributed by atoms with Crippen molar-refractivity contribution in [1.82, 2.24) is 4.90 Å². The van der Waals surface area contributed by atoms with Gasteiger partial charge in [-0.15, -0.1) is 0 Å². The quantitative estimate of drug-likeness (QED) is 0.735. The second-order valence-electron chi connectivity index (χ2n) is 5.60. The smallest absolute Gasteiger partial charge is 0.328 e. The van der Waals surface area contributed by atoms with Gasteiger partial charge in [0, 0.05) is 28.5 Å². The van der Waals surface area contributed by atoms with Crippen LogP contribution in [0.5, 0.6) is 0 Å². The molecule has 2 aromatic rings. The summed E-state index contributed by atoms with van der Waals surface area (Å²) in [7, 11) is 4.13. The summed E-state index contributed by atoms with van der Waals surface area (Å²) in [6.45, 7) is 0.918. The Morgan fingerprint density at radius 3 is 2.26 bits per heavy atom. The van der Waals surface area contributed by atoms with E-state index in [1.54, 1.807) is 11.8 Å². The van der Waals surface area contributed by atoms with Crippen LogP contribution in [0, 0.1) is 11.3 Å². The van der Waals surface area contributed by atoms with Gasteiger partial charge in [0.1, 0.15) is 0 Å². The van der Waals surface area contributed by atoms with Crippen molar-refractivity contribution in [3.8, 4) is 6.07 Å². The monoisotopic (exact) mass is 384 g/mol. The first-order valence-corrected chi connectivity index (χ1v) is 8.68. The summed E-state index contributed by atoms with van der Waals surface area (Å²) < 4.78 is 0. The molecule has 0 heterocycles. The number of carbonyl (C=O) groups is 2. The van der Waals surface area contributed by atoms with Crippen LogP contribution >= 0.6 is 11.8 Å². The number of nitriles is 1. The molecule has 0 spiro atoms. The molecule has 2 rings (SSSR count). The number of aliphatic carboxylic acids is 2. The first-order chi connectivity index (χ1) is 12.8. The Labute approximate surface area is 162 Å². The Bertz CT molecular complexity index is 841. The summed E-state index contributed by atoms with van der Waals surface area (Å²) >= 11 is 1.71. The van der Waals surface area contributed by atoms with Crippen LogP contribution in [-0.2, 0) is 16.1 Å². The van der Waals surface area contributed by atoms with Gasteiger partial charge in [-0.1, -0.05) is 36.0 Å². The maximum absolute atomic E-state index is 9.55. The summed E-state index contributed by atoms with van der Waals surface area (Å²) in [6, 6.07) is 18.3. The van der Waals surface area contributed by atoms with Gasteiger partial charge >= 0.3 is 11.9 Å². The van der Waals surface area contributed by atoms with Crippen molar-refractivity contribution in [3.63, 3.8) is 0 Å². The summed E-state index contributed by atoms with van der Waals surface area (Å²) in [5, 5.41) is 24.6. The SMILES string of the molecule is CN(C)Cc1ccccc1Sc1cccc(C#N)c1.O=C(O)/C=C/C(=O)O. The minimum absolute atomic E-state index is 0.558. The average molecular weight is 384 g/mol. The fraction of sp³-hybridized carbons (Fsp3) is 0.150. The number of hydrogen-bond donors (Lipinski definition) is 2. The molecular weight excluding hydrogens is 364 g/mol. The van der Waals surface area contributed by atoms with Crippen LogP contribution in [0.15, 0.2) is 70.5 Å². The minimum Gasteiger partial charge on any atom is -0.478 e. The van der Waals surface area contributed by atoms with Gasteiger partial charge in [-0.3, -0.25) is 0 Å². The molecule has 0 aromatic heterocycles. The molecule has 0 aliphatic heterocycles. The lowest BCUT2D eigenvalue weighted by atomic mass is 10.2. The molecule has 0 bridgehead atoms. The molecule has 0 atom stereocenters. The molecule has 0 aliphatic rings. The fourth-order valence-electron chi connectivity index (χ4n) is 1.97. The predicted octanol–water partition coefficient (Wildman–Crippen LogP) is 3.48. The summed E-state index contributed by atoms with van der Waals surface area (Å²) in [4.78, 5) is 23.6. The lowest BCUT2D eigenvalue weighted by Crippen LogP contribution is -2.11. The second kappa shape index (κ2) is 11.5. The molecule has 7 heteroatoms. The van der Waals surface area contributed by atoms with E-state index in [1.165, 1.54) is 10.5 Å². The lowest BCUT2D eigenvalue weighted by molar-refractivity contribution is -0.134. The van der Waals surface area contributed by atoms with Crippen molar-refractivity contribution in [2.45, 2.75) is 16.3 Å². The van der Waals surface area contributed by atoms with Crippen LogP contribution in [0.25, 0.3) is 0 Å². The maximum Gasteiger partial charge on any atom is 0.328 e. The molecule has 6 nitrogen and oxygen atoms in total. The molecule has 0 saturated carbocycles. The zero-order chi connectivity index (χ0) is 20.2. The Morgan fingerprint density at radius 2 is 1.70 bits per heavy atom. The molecule has 2 aromatic carbocycles. The van der Waals surface area contributed by atoms with Crippen LogP contribution in [-0.4, -0.2) is 41.1 Å². The molecule has 0 unspecified atom stereocenters. The Morgan fingerprint density at radius 1 is 1.07 bits per heavy atom. The van der Waals surface area contributed by atoms with E-state index in [-0.39, 0.29) is 0 Å². The maximum atomic E-state index is 9.55. The van der Waals surface area contributed by atoms with Crippen molar-refractivity contribution >= 4 is 23.7 Å². The van der Waals surface area contributed by atoms with E-state index in [9.17, 15) is 9.59 Å². The van der Waals surface area contributed by atoms with Gasteiger partial charge < -0.3 is 15.1 Å². The predicted molar refractivity (Wildman–Crippen MR) is 104 cm³/mol. The largest absolute Gasteiger partial charge is 0.478 e. The summed E-state index contributed by atoms with van der Waals surface area (Å²) in [5.74, 6) is -2.51. The summed E-state index contributed by atoms with van der Waals surface area (Å²) in [5.41, 5.74) is 2.01. The van der Waals surface area contributed by atoms with Crippen molar-refractivity contribution < 1.29 is 19.8 Å². The zero-order valence-corrected chi connectivity index (χ0v) is 15.8. The molecule has 27 heavy (non-hydrogen) atoms. The highest BCUT2D eigenvalue weighted by atomic mass is 32.2. The van der Waals surface area contributed by atoms with Crippen molar-refractivity contribution in [1.29, 1.82) is 5.26 Å². The van der Waals surface area contributed by atoms with E-state index < -0.39 is 11.9 Å². The Balaban J connectivity index is 0.000000387. The van der Waals surface area contributed by atoms with Gasteiger partial charge in [0.2, 0.25) is 0 Å². The van der Waals surface area contributed by atoms with E-state index in [0.29, 0.717) is 17.7 Å². The highest BCUT2D eigenvalue weighted by Crippen LogP contribution is 2.31. The Kier molecular flexibility index (Phi) is 9.37. The number of carboxylic acid groups (broad SMARTS) is 2. The number of nitrogens with zero attached hydrogens (tertiary/aromatic N) is 2. The van der Waals surface area contributed by atoms with Gasteiger partial charge in [0.05, 0.1) is 11.6 Å². The molecule has 140 valence electrons. The van der Waals surface area contributed by atoms with E-state index in [0.717, 1.165) is 11.4 Å². The van der Waals surface area contributed by atoms with Crippen molar-refractivity contribution in [2.24, 2.45) is 0 Å². The van der Waals surface area contributed by atoms with Crippen LogP contribution in [0.1, 0.15) is 11.1 Å². The highest BCUT2D eigenvalue weighted by molar-refractivity contribution is 7.99. The average Bonchev–Trinajstić information content (AvgIpc) is 2.62. The van der Waals surface area contributed by atoms with Crippen LogP contribution in [0.3, 0.4) is 0 Å². The van der Waals surface area contributed by atoms with Gasteiger partial charge in [0.15, 0.2) is 0 Å². The normalized spacial score (nSPS) is 10.1. The van der Waals surface area contributed by atoms with Gasteiger partial charge in [0.25, 0.3) is 0 Å². The molecule has 2 N–H and O–H groups in total. The molecule has 0 fully saturated rings. The van der Waals surface area contributed by atoms with Crippen LogP contribution < -0.4 is 0 Å². The van der Waals surface area contributed by atoms with E-state index in [2.05, 4.69) is 49.3 Å². The fourth-order valence-corrected chi connectivity index (χ4v) is 2.97. The third-order valence-corrected chi connectivity index (χ3v) is 4.13.